The van der Waals surface area contributed by atoms with E-state index in [1.54, 1.807) is 12.4 Å². The Morgan fingerprint density at radius 3 is 3.08 bits per heavy atom. The molecule has 0 saturated heterocycles. The molecule has 3 nitrogen and oxygen atoms in total. The monoisotopic (exact) mass is 162 g/mol. The predicted molar refractivity (Wildman–Crippen MR) is 47.6 cm³/mol. The van der Waals surface area contributed by atoms with Gasteiger partial charge in [0.25, 0.3) is 0 Å². The number of nitrogens with one attached hydrogen (secondary N) is 1. The minimum Gasteiger partial charge on any atom is -0.366 e. The van der Waals surface area contributed by atoms with Crippen molar-refractivity contribution in [2.24, 2.45) is 5.73 Å². The number of nitrogens with two attached hydrogens (primary N) is 1. The molecule has 0 radical (unpaired) electrons. The highest BCUT2D eigenvalue weighted by atomic mass is 16.1. The molecule has 0 aliphatic carbocycles. The van der Waals surface area contributed by atoms with E-state index in [1.807, 2.05) is 0 Å². The summed E-state index contributed by atoms with van der Waals surface area (Å²) in [5, 5.41) is 0. The molecule has 0 atom stereocenters. The van der Waals surface area contributed by atoms with Gasteiger partial charge < -0.3 is 10.7 Å². The Kier molecular flexibility index (Phi) is 3.12. The van der Waals surface area contributed by atoms with Crippen LogP contribution in [0.15, 0.2) is 23.3 Å². The Bertz CT molecular complexity index is 357. The molecule has 0 bridgehead atoms. The van der Waals surface area contributed by atoms with E-state index in [0.717, 1.165) is 0 Å². The van der Waals surface area contributed by atoms with E-state index < -0.39 is 0 Å². The summed E-state index contributed by atoms with van der Waals surface area (Å²) in [5.74, 6) is 5.54. The molecule has 1 rings (SSSR count). The molecule has 1 heterocycles. The molecule has 1 aromatic heterocycles. The first-order valence-corrected chi connectivity index (χ1v) is 3.70. The molecule has 3 N–H and O–H groups in total. The van der Waals surface area contributed by atoms with Gasteiger partial charge in [0.05, 0.1) is 5.56 Å². The molecule has 0 amide bonds. The quantitative estimate of drug-likeness (QED) is 0.574. The molecule has 0 saturated carbocycles. The average Bonchev–Trinajstić information content (AvgIpc) is 2.09. The molecule has 0 aromatic carbocycles. The molecule has 62 valence electrons. The van der Waals surface area contributed by atoms with Gasteiger partial charge in [-0.1, -0.05) is 11.8 Å². The number of rotatable bonds is 1. The third-order valence-electron chi connectivity index (χ3n) is 1.32. The predicted octanol–water partition coefficient (Wildman–Crippen LogP) is 0.0752. The number of pyridine rings is 1. The van der Waals surface area contributed by atoms with Crippen LogP contribution in [0.3, 0.4) is 0 Å². The lowest BCUT2D eigenvalue weighted by Gasteiger charge is -1.85. The van der Waals surface area contributed by atoms with E-state index in [9.17, 15) is 4.79 Å². The normalized spacial score (nSPS) is 8.75. The van der Waals surface area contributed by atoms with Crippen LogP contribution >= 0.6 is 0 Å². The zero-order chi connectivity index (χ0) is 8.81. The summed E-state index contributed by atoms with van der Waals surface area (Å²) in [6.45, 7) is 0.526. The number of H-pyrrole nitrogens is 1. The van der Waals surface area contributed by atoms with Crippen LogP contribution in [0.2, 0.25) is 0 Å². The van der Waals surface area contributed by atoms with Gasteiger partial charge in [0, 0.05) is 31.4 Å². The largest absolute Gasteiger partial charge is 0.366 e. The third-order valence-corrected chi connectivity index (χ3v) is 1.32. The minimum absolute atomic E-state index is 0.0572. The third kappa shape index (κ3) is 2.26. The first kappa shape index (κ1) is 8.57. The standard InChI is InChI=1S/C9H10N2O/c10-5-2-1-3-8-7-11-6-4-9(8)12/h4,6-7H,2,5,10H2,(H,11,12). The van der Waals surface area contributed by atoms with E-state index >= 15 is 0 Å². The molecule has 3 heteroatoms. The van der Waals surface area contributed by atoms with E-state index in [2.05, 4.69) is 16.8 Å². The number of aromatic nitrogens is 1. The van der Waals surface area contributed by atoms with Gasteiger partial charge in [0.2, 0.25) is 0 Å². The summed E-state index contributed by atoms with van der Waals surface area (Å²) in [7, 11) is 0. The van der Waals surface area contributed by atoms with Crippen molar-refractivity contribution in [2.75, 3.05) is 6.54 Å². The zero-order valence-electron chi connectivity index (χ0n) is 6.63. The lowest BCUT2D eigenvalue weighted by molar-refractivity contribution is 1.03. The maximum atomic E-state index is 11.1. The van der Waals surface area contributed by atoms with Gasteiger partial charge in [0.15, 0.2) is 5.43 Å². The smallest absolute Gasteiger partial charge is 0.197 e. The van der Waals surface area contributed by atoms with Crippen molar-refractivity contribution in [3.8, 4) is 11.8 Å². The fourth-order valence-electron chi connectivity index (χ4n) is 0.744. The Labute approximate surface area is 70.6 Å². The highest BCUT2D eigenvalue weighted by Gasteiger charge is 1.89. The second kappa shape index (κ2) is 4.37. The van der Waals surface area contributed by atoms with Crippen LogP contribution in [0, 0.1) is 11.8 Å². The Morgan fingerprint density at radius 1 is 1.58 bits per heavy atom. The van der Waals surface area contributed by atoms with Gasteiger partial charge in [0.1, 0.15) is 0 Å². The Hall–Kier alpha value is -1.53. The maximum Gasteiger partial charge on any atom is 0.197 e. The highest BCUT2D eigenvalue weighted by Crippen LogP contribution is 1.83. The summed E-state index contributed by atoms with van der Waals surface area (Å²) in [6, 6.07) is 1.45. The van der Waals surface area contributed by atoms with Crippen LogP contribution in [0.25, 0.3) is 0 Å². The summed E-state index contributed by atoms with van der Waals surface area (Å²) in [4.78, 5) is 13.9. The van der Waals surface area contributed by atoms with Crippen LogP contribution < -0.4 is 11.2 Å². The van der Waals surface area contributed by atoms with Crippen molar-refractivity contribution in [1.82, 2.24) is 4.98 Å². The Balaban J connectivity index is 2.85. The van der Waals surface area contributed by atoms with E-state index in [4.69, 9.17) is 5.73 Å². The van der Waals surface area contributed by atoms with E-state index in [1.165, 1.54) is 6.07 Å². The van der Waals surface area contributed by atoms with Gasteiger partial charge in [-0.05, 0) is 0 Å². The molecular formula is C9H10N2O. The molecule has 0 unspecified atom stereocenters. The van der Waals surface area contributed by atoms with Crippen molar-refractivity contribution in [3.63, 3.8) is 0 Å². The number of aromatic amines is 1. The van der Waals surface area contributed by atoms with Crippen LogP contribution in [0.1, 0.15) is 12.0 Å². The maximum absolute atomic E-state index is 11.1. The fourth-order valence-corrected chi connectivity index (χ4v) is 0.744. The lowest BCUT2D eigenvalue weighted by Crippen LogP contribution is -2.03. The van der Waals surface area contributed by atoms with Crippen LogP contribution in [-0.2, 0) is 0 Å². The summed E-state index contributed by atoms with van der Waals surface area (Å²) < 4.78 is 0. The fraction of sp³-hybridized carbons (Fsp3) is 0.222. The van der Waals surface area contributed by atoms with Crippen LogP contribution in [0.5, 0.6) is 0 Å². The lowest BCUT2D eigenvalue weighted by atomic mass is 10.2. The SMILES string of the molecule is NCCC#Cc1c[nH]ccc1=O. The van der Waals surface area contributed by atoms with Gasteiger partial charge in [-0.2, -0.15) is 0 Å². The van der Waals surface area contributed by atoms with E-state index in [0.29, 0.717) is 18.5 Å². The van der Waals surface area contributed by atoms with Crippen molar-refractivity contribution in [1.29, 1.82) is 0 Å². The van der Waals surface area contributed by atoms with Crippen molar-refractivity contribution in [3.05, 3.63) is 34.2 Å². The molecule has 0 aliphatic heterocycles. The van der Waals surface area contributed by atoms with Gasteiger partial charge in [-0.3, -0.25) is 4.79 Å². The van der Waals surface area contributed by atoms with Gasteiger partial charge in [-0.25, -0.2) is 0 Å². The van der Waals surface area contributed by atoms with Crippen molar-refractivity contribution >= 4 is 0 Å². The summed E-state index contributed by atoms with van der Waals surface area (Å²) in [5.41, 5.74) is 5.68. The summed E-state index contributed by atoms with van der Waals surface area (Å²) >= 11 is 0. The van der Waals surface area contributed by atoms with E-state index in [-0.39, 0.29) is 5.43 Å². The molecule has 0 aliphatic rings. The average molecular weight is 162 g/mol. The second-order valence-electron chi connectivity index (χ2n) is 2.26. The van der Waals surface area contributed by atoms with Crippen molar-refractivity contribution in [2.45, 2.75) is 6.42 Å². The van der Waals surface area contributed by atoms with Crippen molar-refractivity contribution < 1.29 is 0 Å². The molecule has 0 fully saturated rings. The summed E-state index contributed by atoms with van der Waals surface area (Å²) in [6.07, 6.45) is 3.79. The molecule has 12 heavy (non-hydrogen) atoms. The van der Waals surface area contributed by atoms with Gasteiger partial charge in [-0.15, -0.1) is 0 Å². The van der Waals surface area contributed by atoms with Gasteiger partial charge >= 0.3 is 0 Å². The molecule has 1 aromatic rings. The molecule has 0 spiro atoms. The molecular weight excluding hydrogens is 152 g/mol. The first-order chi connectivity index (χ1) is 5.84. The van der Waals surface area contributed by atoms with Crippen LogP contribution in [-0.4, -0.2) is 11.5 Å². The number of hydrogen-bond acceptors (Lipinski definition) is 2. The minimum atomic E-state index is -0.0572. The first-order valence-electron chi connectivity index (χ1n) is 3.70. The number of hydrogen-bond donors (Lipinski definition) is 2. The second-order valence-corrected chi connectivity index (χ2v) is 2.26. The highest BCUT2D eigenvalue weighted by molar-refractivity contribution is 5.31. The topological polar surface area (TPSA) is 58.9 Å². The Morgan fingerprint density at radius 2 is 2.42 bits per heavy atom. The zero-order valence-corrected chi connectivity index (χ0v) is 6.63. The van der Waals surface area contributed by atoms with Crippen LogP contribution in [0.4, 0.5) is 0 Å².